The third-order valence-electron chi connectivity index (χ3n) is 2.98. The van der Waals surface area contributed by atoms with Crippen LogP contribution in [0.4, 0.5) is 0 Å². The Balaban J connectivity index is 2.41. The van der Waals surface area contributed by atoms with Crippen LogP contribution in [-0.4, -0.2) is 14.5 Å². The zero-order valence-electron chi connectivity index (χ0n) is 10.2. The number of benzene rings is 1. The first-order valence-electron chi connectivity index (χ1n) is 5.80. The van der Waals surface area contributed by atoms with E-state index in [0.29, 0.717) is 5.69 Å². The van der Waals surface area contributed by atoms with Gasteiger partial charge in [0.2, 0.25) is 0 Å². The first-order chi connectivity index (χ1) is 9.70. The smallest absolute Gasteiger partial charge is 0.273 e. The molecule has 0 unspecified atom stereocenters. The number of aromatic nitrogens is 3. The molecule has 0 aliphatic heterocycles. The van der Waals surface area contributed by atoms with Crippen LogP contribution < -0.4 is 11.2 Å². The predicted octanol–water partition coefficient (Wildman–Crippen LogP) is 0.946. The highest BCUT2D eigenvalue weighted by atomic mass is 16.2. The Bertz CT molecular complexity index is 958. The molecule has 20 heavy (non-hydrogen) atoms. The van der Waals surface area contributed by atoms with Gasteiger partial charge in [-0.15, -0.1) is 0 Å². The molecule has 0 saturated carbocycles. The summed E-state index contributed by atoms with van der Waals surface area (Å²) in [4.78, 5) is 29.5. The largest absolute Gasteiger partial charge is 0.333 e. The molecule has 3 aromatic rings. The summed E-state index contributed by atoms with van der Waals surface area (Å²) in [5.41, 5.74) is -0.837. The van der Waals surface area contributed by atoms with Gasteiger partial charge in [-0.05, 0) is 17.5 Å². The number of aromatic amines is 1. The number of nitriles is 1. The highest BCUT2D eigenvalue weighted by Gasteiger charge is 2.08. The van der Waals surface area contributed by atoms with Crippen molar-refractivity contribution in [1.82, 2.24) is 14.5 Å². The number of hydrogen-bond donors (Lipinski definition) is 1. The molecular formula is C14H8N4O2. The Kier molecular flexibility index (Phi) is 2.66. The van der Waals surface area contributed by atoms with E-state index in [0.717, 1.165) is 10.8 Å². The van der Waals surface area contributed by atoms with E-state index in [1.807, 2.05) is 12.1 Å². The fraction of sp³-hybridized carbons (Fsp3) is 0. The zero-order valence-corrected chi connectivity index (χ0v) is 10.2. The van der Waals surface area contributed by atoms with E-state index in [1.54, 1.807) is 30.6 Å². The average molecular weight is 264 g/mol. The van der Waals surface area contributed by atoms with Crippen molar-refractivity contribution in [2.24, 2.45) is 0 Å². The molecule has 0 fully saturated rings. The molecule has 1 aromatic carbocycles. The van der Waals surface area contributed by atoms with Gasteiger partial charge in [0.25, 0.3) is 5.56 Å². The molecule has 0 atom stereocenters. The van der Waals surface area contributed by atoms with Crippen LogP contribution in [0.1, 0.15) is 5.56 Å². The number of nitrogens with zero attached hydrogens (tertiary/aromatic N) is 3. The Labute approximate surface area is 112 Å². The maximum Gasteiger partial charge on any atom is 0.333 e. The number of fused-ring (bicyclic) bond motifs is 1. The van der Waals surface area contributed by atoms with E-state index < -0.39 is 11.2 Å². The Morgan fingerprint density at radius 3 is 2.90 bits per heavy atom. The molecule has 0 amide bonds. The van der Waals surface area contributed by atoms with Crippen LogP contribution in [-0.2, 0) is 0 Å². The summed E-state index contributed by atoms with van der Waals surface area (Å²) >= 11 is 0. The van der Waals surface area contributed by atoms with Crippen molar-refractivity contribution in [3.05, 3.63) is 69.3 Å². The molecular weight excluding hydrogens is 256 g/mol. The van der Waals surface area contributed by atoms with Crippen molar-refractivity contribution in [2.75, 3.05) is 0 Å². The van der Waals surface area contributed by atoms with Gasteiger partial charge in [0.15, 0.2) is 0 Å². The van der Waals surface area contributed by atoms with E-state index in [-0.39, 0.29) is 5.56 Å². The molecule has 0 radical (unpaired) electrons. The highest BCUT2D eigenvalue weighted by Crippen LogP contribution is 2.19. The number of pyridine rings is 1. The van der Waals surface area contributed by atoms with E-state index in [9.17, 15) is 9.59 Å². The summed E-state index contributed by atoms with van der Waals surface area (Å²) in [7, 11) is 0. The maximum absolute atomic E-state index is 11.9. The average Bonchev–Trinajstić information content (AvgIpc) is 2.47. The molecule has 0 bridgehead atoms. The normalized spacial score (nSPS) is 10.3. The summed E-state index contributed by atoms with van der Waals surface area (Å²) in [6.07, 6.45) is 4.53. The van der Waals surface area contributed by atoms with Crippen LogP contribution in [0.25, 0.3) is 16.5 Å². The predicted molar refractivity (Wildman–Crippen MR) is 72.7 cm³/mol. The van der Waals surface area contributed by atoms with E-state index in [4.69, 9.17) is 5.26 Å². The molecule has 96 valence electrons. The first kappa shape index (κ1) is 11.9. The van der Waals surface area contributed by atoms with Gasteiger partial charge >= 0.3 is 5.69 Å². The number of H-pyrrole nitrogens is 1. The SMILES string of the molecule is N#Cc1cn(-c2cccc3ccncc23)c(=O)[nH]c1=O. The summed E-state index contributed by atoms with van der Waals surface area (Å²) in [6, 6.07) is 8.99. The summed E-state index contributed by atoms with van der Waals surface area (Å²) in [5, 5.41) is 10.6. The summed E-state index contributed by atoms with van der Waals surface area (Å²) < 4.78 is 1.24. The van der Waals surface area contributed by atoms with E-state index in [1.165, 1.54) is 10.8 Å². The molecule has 2 aromatic heterocycles. The molecule has 0 saturated heterocycles. The van der Waals surface area contributed by atoms with E-state index in [2.05, 4.69) is 9.97 Å². The standard InChI is InChI=1S/C14H8N4O2/c15-6-10-8-18(14(20)17-13(10)19)12-3-1-2-9-4-5-16-7-11(9)12/h1-5,7-8H,(H,17,19,20). The lowest BCUT2D eigenvalue weighted by Gasteiger charge is -2.08. The van der Waals surface area contributed by atoms with Gasteiger partial charge < -0.3 is 0 Å². The van der Waals surface area contributed by atoms with Crippen LogP contribution in [0.5, 0.6) is 0 Å². The van der Waals surface area contributed by atoms with Crippen LogP contribution in [0.15, 0.2) is 52.4 Å². The quantitative estimate of drug-likeness (QED) is 0.708. The van der Waals surface area contributed by atoms with Crippen LogP contribution >= 0.6 is 0 Å². The summed E-state index contributed by atoms with van der Waals surface area (Å²) in [6.45, 7) is 0. The second-order valence-electron chi connectivity index (χ2n) is 4.16. The zero-order chi connectivity index (χ0) is 14.1. The first-order valence-corrected chi connectivity index (χ1v) is 5.80. The Hall–Kier alpha value is -3.20. The highest BCUT2D eigenvalue weighted by molar-refractivity contribution is 5.89. The van der Waals surface area contributed by atoms with Crippen molar-refractivity contribution in [3.8, 4) is 11.8 Å². The molecule has 6 heteroatoms. The van der Waals surface area contributed by atoms with Gasteiger partial charge in [-0.25, -0.2) is 4.79 Å². The minimum Gasteiger partial charge on any atom is -0.273 e. The van der Waals surface area contributed by atoms with Crippen molar-refractivity contribution < 1.29 is 0 Å². The molecule has 0 spiro atoms. The maximum atomic E-state index is 11.9. The van der Waals surface area contributed by atoms with Crippen molar-refractivity contribution in [2.45, 2.75) is 0 Å². The number of nitrogens with one attached hydrogen (secondary N) is 1. The topological polar surface area (TPSA) is 91.5 Å². The fourth-order valence-electron chi connectivity index (χ4n) is 2.04. The van der Waals surface area contributed by atoms with Gasteiger partial charge in [0.05, 0.1) is 5.69 Å². The lowest BCUT2D eigenvalue weighted by atomic mass is 10.1. The van der Waals surface area contributed by atoms with Gasteiger partial charge in [-0.1, -0.05) is 12.1 Å². The third-order valence-corrected chi connectivity index (χ3v) is 2.98. The third kappa shape index (κ3) is 1.78. The second kappa shape index (κ2) is 4.48. The summed E-state index contributed by atoms with van der Waals surface area (Å²) in [5.74, 6) is 0. The monoisotopic (exact) mass is 264 g/mol. The minimum absolute atomic E-state index is 0.120. The number of hydrogen-bond acceptors (Lipinski definition) is 4. The van der Waals surface area contributed by atoms with Crippen LogP contribution in [0.3, 0.4) is 0 Å². The minimum atomic E-state index is -0.688. The Morgan fingerprint density at radius 1 is 1.25 bits per heavy atom. The van der Waals surface area contributed by atoms with Crippen molar-refractivity contribution in [3.63, 3.8) is 0 Å². The lowest BCUT2D eigenvalue weighted by molar-refractivity contribution is 0.894. The fourth-order valence-corrected chi connectivity index (χ4v) is 2.04. The van der Waals surface area contributed by atoms with Gasteiger partial charge in [0.1, 0.15) is 11.6 Å². The molecule has 2 heterocycles. The van der Waals surface area contributed by atoms with Crippen LogP contribution in [0.2, 0.25) is 0 Å². The molecule has 6 nitrogen and oxygen atoms in total. The van der Waals surface area contributed by atoms with Gasteiger partial charge in [-0.3, -0.25) is 19.3 Å². The van der Waals surface area contributed by atoms with E-state index >= 15 is 0 Å². The molecule has 1 N–H and O–H groups in total. The molecule has 0 aliphatic carbocycles. The second-order valence-corrected chi connectivity index (χ2v) is 4.16. The Morgan fingerprint density at radius 2 is 2.10 bits per heavy atom. The van der Waals surface area contributed by atoms with Gasteiger partial charge in [-0.2, -0.15) is 5.26 Å². The van der Waals surface area contributed by atoms with Crippen LogP contribution in [0, 0.1) is 11.3 Å². The molecule has 0 aliphatic rings. The van der Waals surface area contributed by atoms with Crippen molar-refractivity contribution >= 4 is 10.8 Å². The van der Waals surface area contributed by atoms with Crippen molar-refractivity contribution in [1.29, 1.82) is 5.26 Å². The number of rotatable bonds is 1. The lowest BCUT2D eigenvalue weighted by Crippen LogP contribution is -2.30. The van der Waals surface area contributed by atoms with Gasteiger partial charge in [0, 0.05) is 24.0 Å². The molecule has 3 rings (SSSR count).